The van der Waals surface area contributed by atoms with Gasteiger partial charge in [0.05, 0.1) is 56.4 Å². The van der Waals surface area contributed by atoms with Crippen molar-refractivity contribution in [2.45, 2.75) is 253 Å². The summed E-state index contributed by atoms with van der Waals surface area (Å²) in [6, 6.07) is 0. The van der Waals surface area contributed by atoms with Crippen LogP contribution in [0.1, 0.15) is 106 Å². The van der Waals surface area contributed by atoms with Crippen LogP contribution in [-0.4, -0.2) is 255 Å². The topological polar surface area (TPSA) is 398 Å². The summed E-state index contributed by atoms with van der Waals surface area (Å²) in [6.07, 6.45) is -30.8. The summed E-state index contributed by atoms with van der Waals surface area (Å²) < 4.78 is 48.4. The molecular formula is C54H92O24. The van der Waals surface area contributed by atoms with Crippen molar-refractivity contribution in [1.82, 2.24) is 0 Å². The van der Waals surface area contributed by atoms with E-state index in [1.807, 2.05) is 20.8 Å². The van der Waals surface area contributed by atoms with Crippen molar-refractivity contribution in [1.29, 1.82) is 0 Å². The first-order valence-electron chi connectivity index (χ1n) is 28.1. The van der Waals surface area contributed by atoms with Crippen LogP contribution in [0.5, 0.6) is 0 Å². The van der Waals surface area contributed by atoms with Gasteiger partial charge in [0.25, 0.3) is 0 Å². The van der Waals surface area contributed by atoms with Gasteiger partial charge in [-0.3, -0.25) is 0 Å². The summed E-state index contributed by atoms with van der Waals surface area (Å²) in [6.45, 7) is 15.7. The maximum atomic E-state index is 13.0. The van der Waals surface area contributed by atoms with Crippen molar-refractivity contribution < 1.29 is 120 Å². The minimum Gasteiger partial charge on any atom is -0.394 e. The highest BCUT2D eigenvalue weighted by Crippen LogP contribution is 2.77. The van der Waals surface area contributed by atoms with E-state index in [2.05, 4.69) is 27.4 Å². The molecule has 3 unspecified atom stereocenters. The van der Waals surface area contributed by atoms with Crippen molar-refractivity contribution >= 4 is 0 Å². The van der Waals surface area contributed by atoms with Crippen LogP contribution in [0, 0.1) is 45.3 Å². The van der Waals surface area contributed by atoms with E-state index in [9.17, 15) is 81.7 Å². The summed E-state index contributed by atoms with van der Waals surface area (Å²) in [5.41, 5.74) is -3.21. The molecule has 4 saturated carbocycles. The van der Waals surface area contributed by atoms with E-state index in [1.54, 1.807) is 6.92 Å². The Bertz CT molecular complexity index is 2020. The average Bonchev–Trinajstić information content (AvgIpc) is 3.93. The molecule has 8 fully saturated rings. The minimum atomic E-state index is -1.88. The van der Waals surface area contributed by atoms with Gasteiger partial charge in [-0.15, -0.1) is 0 Å². The Kier molecular flexibility index (Phi) is 19.1. The zero-order valence-corrected chi connectivity index (χ0v) is 45.9. The van der Waals surface area contributed by atoms with Crippen LogP contribution in [0.25, 0.3) is 0 Å². The van der Waals surface area contributed by atoms with E-state index in [0.29, 0.717) is 44.1 Å². The fourth-order valence-corrected chi connectivity index (χ4v) is 16.7. The van der Waals surface area contributed by atoms with Gasteiger partial charge in [0, 0.05) is 0 Å². The molecule has 0 aromatic rings. The molecule has 0 aromatic heterocycles. The van der Waals surface area contributed by atoms with Crippen LogP contribution in [0.3, 0.4) is 0 Å². The molecule has 8 rings (SSSR count). The minimum absolute atomic E-state index is 0.158. The van der Waals surface area contributed by atoms with E-state index in [0.717, 1.165) is 0 Å². The van der Waals surface area contributed by atoms with E-state index in [-0.39, 0.29) is 37.7 Å². The fourth-order valence-electron chi connectivity index (χ4n) is 16.7. The molecule has 4 aliphatic carbocycles. The highest BCUT2D eigenvalue weighted by molar-refractivity contribution is 5.22. The van der Waals surface area contributed by atoms with Crippen molar-refractivity contribution in [3.63, 3.8) is 0 Å². The SMILES string of the molecule is C=C(C)C(O)CC[C@](C)(O[C@@H]1O[C@H](CO[C@@H]2OC[C@@H](O)[C@H](O)[C@H]2O)[C@@H](O)[C@H](O)[C@H]1O)[C@H]1CC[C@]2(CC)[C@@H]1[C@H](O)CC1[C@@]3(C)C[C@@H](O)[C@H](O[C@@H]4O[C@H](CO)[C@@H](O)[C@H](O)[C@H]4O[C@@H]4O[C@H](CO)[C@@H](O)[C@H](O)[C@H]4O)C(C)(C)C3CC[C@]12C. The van der Waals surface area contributed by atoms with Gasteiger partial charge in [-0.05, 0) is 117 Å². The van der Waals surface area contributed by atoms with Gasteiger partial charge >= 0.3 is 0 Å². The summed E-state index contributed by atoms with van der Waals surface area (Å²) >= 11 is 0. The lowest BCUT2D eigenvalue weighted by Crippen LogP contribution is -2.70. The Balaban J connectivity index is 1.05. The molecule has 4 saturated heterocycles. The molecule has 31 atom stereocenters. The molecule has 4 aliphatic heterocycles. The van der Waals surface area contributed by atoms with Gasteiger partial charge in [-0.25, -0.2) is 0 Å². The normalized spacial score (nSPS) is 52.6. The van der Waals surface area contributed by atoms with Gasteiger partial charge < -0.3 is 120 Å². The van der Waals surface area contributed by atoms with Crippen LogP contribution in [0.4, 0.5) is 0 Å². The molecule has 4 heterocycles. The monoisotopic (exact) mass is 1120 g/mol. The van der Waals surface area contributed by atoms with Crippen molar-refractivity contribution in [2.24, 2.45) is 45.3 Å². The molecule has 452 valence electrons. The van der Waals surface area contributed by atoms with Gasteiger partial charge in [0.2, 0.25) is 0 Å². The maximum Gasteiger partial charge on any atom is 0.187 e. The van der Waals surface area contributed by atoms with Crippen LogP contribution in [0.2, 0.25) is 0 Å². The highest BCUT2D eigenvalue weighted by Gasteiger charge is 2.74. The number of hydrogen-bond acceptors (Lipinski definition) is 24. The number of ether oxygens (including phenoxy) is 8. The Morgan fingerprint density at radius 1 is 0.654 bits per heavy atom. The first-order valence-corrected chi connectivity index (χ1v) is 28.1. The Hall–Kier alpha value is -1.22. The number of hydrogen-bond donors (Lipinski definition) is 16. The van der Waals surface area contributed by atoms with Crippen LogP contribution >= 0.6 is 0 Å². The molecule has 24 heteroatoms. The van der Waals surface area contributed by atoms with Crippen LogP contribution < -0.4 is 0 Å². The van der Waals surface area contributed by atoms with Crippen molar-refractivity contribution in [3.8, 4) is 0 Å². The molecular weight excluding hydrogens is 1030 g/mol. The second kappa shape index (κ2) is 23.7. The lowest BCUT2D eigenvalue weighted by atomic mass is 9.34. The first-order chi connectivity index (χ1) is 36.5. The molecule has 0 radical (unpaired) electrons. The lowest BCUT2D eigenvalue weighted by molar-refractivity contribution is -0.383. The number of rotatable bonds is 17. The highest BCUT2D eigenvalue weighted by atomic mass is 16.8. The van der Waals surface area contributed by atoms with E-state index < -0.39 is 200 Å². The Morgan fingerprint density at radius 2 is 1.23 bits per heavy atom. The average molecular weight is 1130 g/mol. The van der Waals surface area contributed by atoms with Gasteiger partial charge in [0.1, 0.15) is 91.6 Å². The van der Waals surface area contributed by atoms with Crippen LogP contribution in [-0.2, 0) is 37.9 Å². The zero-order valence-electron chi connectivity index (χ0n) is 45.9. The lowest BCUT2D eigenvalue weighted by Gasteiger charge is -2.71. The predicted molar refractivity (Wildman–Crippen MR) is 268 cm³/mol. The Labute approximate surface area is 455 Å². The molecule has 0 bridgehead atoms. The first kappa shape index (κ1) is 62.8. The quantitative estimate of drug-likeness (QED) is 0.0503. The second-order valence-electron chi connectivity index (χ2n) is 25.6. The zero-order chi connectivity index (χ0) is 57.5. The van der Waals surface area contributed by atoms with Crippen molar-refractivity contribution in [2.75, 3.05) is 26.4 Å². The molecule has 0 spiro atoms. The number of aliphatic hydroxyl groups is 16. The van der Waals surface area contributed by atoms with Gasteiger partial charge in [-0.1, -0.05) is 46.8 Å². The summed E-state index contributed by atoms with van der Waals surface area (Å²) in [4.78, 5) is 0. The maximum absolute atomic E-state index is 13.0. The van der Waals surface area contributed by atoms with E-state index >= 15 is 0 Å². The van der Waals surface area contributed by atoms with E-state index in [4.69, 9.17) is 37.9 Å². The molecule has 0 aromatic carbocycles. The third kappa shape index (κ3) is 10.7. The number of aliphatic hydroxyl groups excluding tert-OH is 16. The molecule has 24 nitrogen and oxygen atoms in total. The smallest absolute Gasteiger partial charge is 0.187 e. The Morgan fingerprint density at radius 3 is 1.85 bits per heavy atom. The molecule has 16 N–H and O–H groups in total. The third-order valence-corrected chi connectivity index (χ3v) is 21.0. The second-order valence-corrected chi connectivity index (χ2v) is 25.6. The number of fused-ring (bicyclic) bond motifs is 5. The summed E-state index contributed by atoms with van der Waals surface area (Å²) in [5, 5.41) is 175. The molecule has 0 amide bonds. The largest absolute Gasteiger partial charge is 0.394 e. The molecule has 8 aliphatic rings. The summed E-state index contributed by atoms with van der Waals surface area (Å²) in [7, 11) is 0. The fraction of sp³-hybridized carbons (Fsp3) is 0.963. The summed E-state index contributed by atoms with van der Waals surface area (Å²) in [5.74, 6) is -1.14. The predicted octanol–water partition coefficient (Wildman–Crippen LogP) is -3.23. The van der Waals surface area contributed by atoms with Crippen LogP contribution in [0.15, 0.2) is 12.2 Å². The molecule has 78 heavy (non-hydrogen) atoms. The van der Waals surface area contributed by atoms with Gasteiger partial charge in [0.15, 0.2) is 25.2 Å². The van der Waals surface area contributed by atoms with E-state index in [1.165, 1.54) is 0 Å². The van der Waals surface area contributed by atoms with Gasteiger partial charge in [-0.2, -0.15) is 0 Å². The standard InChI is InChI=1S/C54H92O24/c1-9-54-15-10-23(53(8,14-11-24(57)22(2)3)78-48-43(70)39(66)37(64)30(75-48)21-72-46-41(68)34(61)27(60)20-71-46)33(54)25(58)16-32-51(6)17-26(59)45(50(4,5)31(51)12-13-52(32,54)7)77-49-44(40(67)36(63)29(19-56)74-49)76-47-42(69)38(65)35(62)28(18-55)73-47/h23-49,55-70H,2,9-21H2,1,3-8H3/t23-,24?,25+,26+,27+,28+,29+,30+,31?,32?,33-,34-,35+,36+,37+,38-,39-,40-,41+,42+,43+,44+,45-,46-,47-,48-,49-,51-,52+,53-,54+/m0/s1. The third-order valence-electron chi connectivity index (χ3n) is 21.0. The van der Waals surface area contributed by atoms with Crippen molar-refractivity contribution in [3.05, 3.63) is 12.2 Å².